The first kappa shape index (κ1) is 19.3. The molecule has 0 N–H and O–H groups in total. The summed E-state index contributed by atoms with van der Waals surface area (Å²) in [4.78, 5) is 23.9. The molecule has 0 aliphatic rings. The van der Waals surface area contributed by atoms with Gasteiger partial charge >= 0.3 is 5.97 Å². The largest absolute Gasteiger partial charge is 0.426 e. The summed E-state index contributed by atoms with van der Waals surface area (Å²) < 4.78 is 5.70. The molecule has 0 aromatic heterocycles. The molecule has 0 unspecified atom stereocenters. The predicted octanol–water partition coefficient (Wildman–Crippen LogP) is 4.58. The monoisotopic (exact) mass is 356 g/mol. The molecule has 0 heterocycles. The molecule has 25 heavy (non-hydrogen) atoms. The summed E-state index contributed by atoms with van der Waals surface area (Å²) in [5.41, 5.74) is 3.32. The number of hydrogen-bond donors (Lipinski definition) is 1. The Kier molecular flexibility index (Phi) is 6.07. The molecule has 0 saturated carbocycles. The van der Waals surface area contributed by atoms with Crippen molar-refractivity contribution in [2.75, 3.05) is 0 Å². The molecule has 0 fully saturated rings. The fourth-order valence-electron chi connectivity index (χ4n) is 3.26. The Labute approximate surface area is 154 Å². The van der Waals surface area contributed by atoms with Crippen LogP contribution in [-0.4, -0.2) is 11.1 Å². The van der Waals surface area contributed by atoms with Crippen molar-refractivity contribution in [3.8, 4) is 5.75 Å². The van der Waals surface area contributed by atoms with E-state index in [1.165, 1.54) is 0 Å². The Morgan fingerprint density at radius 2 is 1.72 bits per heavy atom. The Morgan fingerprint density at radius 3 is 2.32 bits per heavy atom. The van der Waals surface area contributed by atoms with Gasteiger partial charge in [-0.05, 0) is 36.6 Å². The number of hydrogen-bond acceptors (Lipinski definition) is 3. The molecular formula is C21H24O3S. The van der Waals surface area contributed by atoms with Crippen molar-refractivity contribution in [2.45, 2.75) is 46.0 Å². The molecular weight excluding hydrogens is 332 g/mol. The van der Waals surface area contributed by atoms with Gasteiger partial charge in [-0.2, -0.15) is 0 Å². The molecule has 0 amide bonds. The zero-order chi connectivity index (χ0) is 18.6. The van der Waals surface area contributed by atoms with Gasteiger partial charge in [0.25, 0.3) is 0 Å². The number of thiol groups is 1. The Hall–Kier alpha value is -2.07. The number of carbonyl (C=O) groups excluding carboxylic acids is 2. The molecule has 0 atom stereocenters. The van der Waals surface area contributed by atoms with Crippen molar-refractivity contribution in [2.24, 2.45) is 0 Å². The number of esters is 1. The molecule has 0 saturated heterocycles. The maximum absolute atomic E-state index is 12.4. The predicted molar refractivity (Wildman–Crippen MR) is 103 cm³/mol. The van der Waals surface area contributed by atoms with E-state index in [-0.39, 0.29) is 23.9 Å². The Balaban J connectivity index is 2.33. The summed E-state index contributed by atoms with van der Waals surface area (Å²) in [7, 11) is 0. The standard InChI is InChI=1S/C21H24O3S/c1-14-10-15(2)20(21(3,4)13-19(23)25)17(11-14)24-18(22)12-16-8-6-5-7-9-16/h5-11H,12-13H2,1-4H3,(H,23,25). The number of aryl methyl sites for hydroxylation is 2. The van der Waals surface area contributed by atoms with Crippen LogP contribution in [-0.2, 0) is 21.4 Å². The SMILES string of the molecule is Cc1cc(C)c(C(C)(C)CC(=O)S)c(OC(=O)Cc2ccccc2)c1. The first-order valence-corrected chi connectivity index (χ1v) is 8.72. The number of carbonyl (C=O) groups is 2. The summed E-state index contributed by atoms with van der Waals surface area (Å²) >= 11 is 3.92. The second-order valence-electron chi connectivity index (χ2n) is 7.05. The highest BCUT2D eigenvalue weighted by molar-refractivity contribution is 7.96. The third kappa shape index (κ3) is 5.20. The molecule has 0 spiro atoms. The first-order valence-electron chi connectivity index (χ1n) is 8.27. The van der Waals surface area contributed by atoms with E-state index in [1.807, 2.05) is 70.2 Å². The number of benzene rings is 2. The highest BCUT2D eigenvalue weighted by Gasteiger charge is 2.29. The zero-order valence-corrected chi connectivity index (χ0v) is 16.0. The van der Waals surface area contributed by atoms with Gasteiger partial charge in [-0.3, -0.25) is 9.59 Å². The lowest BCUT2D eigenvalue weighted by Gasteiger charge is -2.28. The van der Waals surface area contributed by atoms with E-state index in [9.17, 15) is 9.59 Å². The van der Waals surface area contributed by atoms with Crippen LogP contribution in [0.15, 0.2) is 42.5 Å². The minimum atomic E-state index is -0.473. The highest BCUT2D eigenvalue weighted by atomic mass is 32.1. The normalized spacial score (nSPS) is 11.2. The van der Waals surface area contributed by atoms with Gasteiger partial charge in [0.15, 0.2) is 5.12 Å². The van der Waals surface area contributed by atoms with Crippen LogP contribution < -0.4 is 4.74 Å². The summed E-state index contributed by atoms with van der Waals surface area (Å²) in [5.74, 6) is 0.212. The van der Waals surface area contributed by atoms with Gasteiger partial charge in [0.2, 0.25) is 0 Å². The van der Waals surface area contributed by atoms with E-state index < -0.39 is 5.41 Å². The molecule has 3 nitrogen and oxygen atoms in total. The molecule has 2 rings (SSSR count). The number of ether oxygens (including phenoxy) is 1. The van der Waals surface area contributed by atoms with Crippen LogP contribution in [0.4, 0.5) is 0 Å². The zero-order valence-electron chi connectivity index (χ0n) is 15.1. The smallest absolute Gasteiger partial charge is 0.315 e. The Morgan fingerprint density at radius 1 is 1.08 bits per heavy atom. The van der Waals surface area contributed by atoms with Gasteiger partial charge in [-0.1, -0.05) is 50.2 Å². The van der Waals surface area contributed by atoms with Crippen molar-refractivity contribution in [1.82, 2.24) is 0 Å². The summed E-state index contributed by atoms with van der Waals surface area (Å²) in [6.45, 7) is 7.87. The maximum Gasteiger partial charge on any atom is 0.315 e. The lowest BCUT2D eigenvalue weighted by atomic mass is 9.78. The van der Waals surface area contributed by atoms with Gasteiger partial charge in [0, 0.05) is 17.4 Å². The molecule has 0 bridgehead atoms. The third-order valence-electron chi connectivity index (χ3n) is 4.13. The van der Waals surface area contributed by atoms with E-state index in [0.29, 0.717) is 5.75 Å². The molecule has 2 aromatic carbocycles. The molecule has 2 aromatic rings. The van der Waals surface area contributed by atoms with Crippen molar-refractivity contribution in [3.63, 3.8) is 0 Å². The fourth-order valence-corrected chi connectivity index (χ4v) is 3.66. The average Bonchev–Trinajstić information content (AvgIpc) is 2.45. The topological polar surface area (TPSA) is 43.4 Å². The van der Waals surface area contributed by atoms with E-state index in [1.54, 1.807) is 0 Å². The third-order valence-corrected chi connectivity index (χ3v) is 4.29. The van der Waals surface area contributed by atoms with Crippen LogP contribution in [0, 0.1) is 13.8 Å². The first-order chi connectivity index (χ1) is 11.7. The summed E-state index contributed by atoms with van der Waals surface area (Å²) in [5, 5.41) is -0.188. The van der Waals surface area contributed by atoms with Gasteiger partial charge in [0.05, 0.1) is 6.42 Å². The van der Waals surface area contributed by atoms with Crippen LogP contribution in [0.25, 0.3) is 0 Å². The molecule has 0 radical (unpaired) electrons. The molecule has 132 valence electrons. The van der Waals surface area contributed by atoms with Crippen LogP contribution in [0.5, 0.6) is 5.75 Å². The fraction of sp³-hybridized carbons (Fsp3) is 0.333. The van der Waals surface area contributed by atoms with Gasteiger partial charge in [-0.15, -0.1) is 12.6 Å². The van der Waals surface area contributed by atoms with E-state index in [2.05, 4.69) is 12.6 Å². The van der Waals surface area contributed by atoms with Crippen LogP contribution in [0.3, 0.4) is 0 Å². The van der Waals surface area contributed by atoms with Crippen LogP contribution >= 0.6 is 12.6 Å². The van der Waals surface area contributed by atoms with E-state index >= 15 is 0 Å². The minimum Gasteiger partial charge on any atom is -0.426 e. The van der Waals surface area contributed by atoms with Gasteiger partial charge in [0.1, 0.15) is 5.75 Å². The molecule has 0 aliphatic heterocycles. The quantitative estimate of drug-likeness (QED) is 0.468. The highest BCUT2D eigenvalue weighted by Crippen LogP contribution is 2.38. The van der Waals surface area contributed by atoms with Crippen molar-refractivity contribution in [1.29, 1.82) is 0 Å². The molecule has 0 aliphatic carbocycles. The van der Waals surface area contributed by atoms with Crippen LogP contribution in [0.1, 0.15) is 42.5 Å². The average molecular weight is 356 g/mol. The summed E-state index contributed by atoms with van der Waals surface area (Å²) in [6, 6.07) is 13.4. The second kappa shape index (κ2) is 7.87. The Bertz CT molecular complexity index is 779. The van der Waals surface area contributed by atoms with Gasteiger partial charge < -0.3 is 4.74 Å². The van der Waals surface area contributed by atoms with Crippen LogP contribution in [0.2, 0.25) is 0 Å². The lowest BCUT2D eigenvalue weighted by Crippen LogP contribution is -2.24. The summed E-state index contributed by atoms with van der Waals surface area (Å²) in [6.07, 6.45) is 0.475. The maximum atomic E-state index is 12.4. The van der Waals surface area contributed by atoms with E-state index in [4.69, 9.17) is 4.74 Å². The second-order valence-corrected chi connectivity index (χ2v) is 7.54. The number of rotatable bonds is 6. The molecule has 4 heteroatoms. The van der Waals surface area contributed by atoms with Crippen molar-refractivity contribution >= 4 is 23.7 Å². The minimum absolute atomic E-state index is 0.188. The lowest BCUT2D eigenvalue weighted by molar-refractivity contribution is -0.133. The van der Waals surface area contributed by atoms with Crippen molar-refractivity contribution < 1.29 is 14.3 Å². The van der Waals surface area contributed by atoms with Gasteiger partial charge in [-0.25, -0.2) is 0 Å². The van der Waals surface area contributed by atoms with Crippen molar-refractivity contribution in [3.05, 3.63) is 64.7 Å². The van der Waals surface area contributed by atoms with E-state index in [0.717, 1.165) is 22.3 Å².